The predicted molar refractivity (Wildman–Crippen MR) is 134 cm³/mol. The van der Waals surface area contributed by atoms with Gasteiger partial charge in [-0.05, 0) is 70.0 Å². The van der Waals surface area contributed by atoms with Crippen molar-refractivity contribution >= 4 is 15.9 Å². The number of sulfonamides is 1. The Balaban J connectivity index is 1.23. The van der Waals surface area contributed by atoms with Crippen molar-refractivity contribution in [3.8, 4) is 0 Å². The normalized spacial score (nSPS) is 24.0. The van der Waals surface area contributed by atoms with Crippen LogP contribution in [0.3, 0.4) is 0 Å². The summed E-state index contributed by atoms with van der Waals surface area (Å²) in [4.78, 5) is 15.1. The number of likely N-dealkylation sites (tertiary alicyclic amines) is 1. The average Bonchev–Trinajstić information content (AvgIpc) is 3.35. The third kappa shape index (κ3) is 6.32. The van der Waals surface area contributed by atoms with Crippen LogP contribution in [0.1, 0.15) is 72.7 Å². The lowest BCUT2D eigenvalue weighted by molar-refractivity contribution is 0.0900. The van der Waals surface area contributed by atoms with Crippen LogP contribution < -0.4 is 5.32 Å². The van der Waals surface area contributed by atoms with Crippen molar-refractivity contribution in [1.29, 1.82) is 0 Å². The molecule has 190 valence electrons. The van der Waals surface area contributed by atoms with E-state index in [9.17, 15) is 13.2 Å². The highest BCUT2D eigenvalue weighted by atomic mass is 32.2. The molecular weight excluding hydrogens is 464 g/mol. The number of rotatable bonds is 10. The van der Waals surface area contributed by atoms with Crippen molar-refractivity contribution in [2.75, 3.05) is 31.9 Å². The zero-order chi connectivity index (χ0) is 24.3. The second-order valence-corrected chi connectivity index (χ2v) is 12.3. The standard InChI is InChI=1S/C26H36N4O4S/c31-26(24-19-25(34-28-24)21-9-10-21)27-22-12-15-30(35(32,33)17-16-29-13-4-5-14-29)23(18-22)11-8-20-6-2-1-3-7-20/h1-3,6-7,19,21-23H,4-5,8-18H2,(H,27,31)/t22-,23-/m1/s1. The number of aryl methyl sites for hydroxylation is 1. The minimum atomic E-state index is -3.38. The lowest BCUT2D eigenvalue weighted by atomic mass is 9.94. The summed E-state index contributed by atoms with van der Waals surface area (Å²) >= 11 is 0. The minimum Gasteiger partial charge on any atom is -0.360 e. The van der Waals surface area contributed by atoms with Gasteiger partial charge >= 0.3 is 0 Å². The Morgan fingerprint density at radius 1 is 1.09 bits per heavy atom. The van der Waals surface area contributed by atoms with Gasteiger partial charge in [-0.3, -0.25) is 4.79 Å². The summed E-state index contributed by atoms with van der Waals surface area (Å²) in [5.41, 5.74) is 1.51. The fraction of sp³-hybridized carbons (Fsp3) is 0.615. The molecule has 1 aromatic carbocycles. The van der Waals surface area contributed by atoms with Crippen molar-refractivity contribution < 1.29 is 17.7 Å². The van der Waals surface area contributed by atoms with Crippen LogP contribution in [-0.4, -0.2) is 72.7 Å². The topological polar surface area (TPSA) is 95.8 Å². The second-order valence-electron chi connectivity index (χ2n) is 10.2. The van der Waals surface area contributed by atoms with Crippen LogP contribution in [0.15, 0.2) is 40.9 Å². The summed E-state index contributed by atoms with van der Waals surface area (Å²) in [7, 11) is -3.38. The number of benzene rings is 1. The van der Waals surface area contributed by atoms with Gasteiger partial charge in [-0.15, -0.1) is 0 Å². The van der Waals surface area contributed by atoms with E-state index in [1.807, 2.05) is 18.2 Å². The van der Waals surface area contributed by atoms with Gasteiger partial charge in [0, 0.05) is 37.2 Å². The van der Waals surface area contributed by atoms with E-state index in [4.69, 9.17) is 4.52 Å². The van der Waals surface area contributed by atoms with Crippen molar-refractivity contribution in [2.24, 2.45) is 0 Å². The van der Waals surface area contributed by atoms with Crippen LogP contribution in [0.25, 0.3) is 0 Å². The van der Waals surface area contributed by atoms with Gasteiger partial charge < -0.3 is 14.7 Å². The highest BCUT2D eigenvalue weighted by Gasteiger charge is 2.37. The summed E-state index contributed by atoms with van der Waals surface area (Å²) < 4.78 is 33.8. The monoisotopic (exact) mass is 500 g/mol. The number of carbonyl (C=O) groups excluding carboxylic acids is 1. The first-order chi connectivity index (χ1) is 17.0. The molecule has 1 amide bonds. The maximum atomic E-state index is 13.4. The highest BCUT2D eigenvalue weighted by molar-refractivity contribution is 7.89. The van der Waals surface area contributed by atoms with Crippen molar-refractivity contribution in [3.63, 3.8) is 0 Å². The zero-order valence-corrected chi connectivity index (χ0v) is 21.1. The molecule has 3 fully saturated rings. The van der Waals surface area contributed by atoms with E-state index in [0.717, 1.165) is 57.4 Å². The molecular formula is C26H36N4O4S. The molecule has 1 N–H and O–H groups in total. The van der Waals surface area contributed by atoms with Crippen LogP contribution in [-0.2, 0) is 16.4 Å². The van der Waals surface area contributed by atoms with Crippen molar-refractivity contribution in [1.82, 2.24) is 19.7 Å². The van der Waals surface area contributed by atoms with Gasteiger partial charge in [-0.1, -0.05) is 35.5 Å². The summed E-state index contributed by atoms with van der Waals surface area (Å²) in [5, 5.41) is 7.05. The fourth-order valence-electron chi connectivity index (χ4n) is 5.35. The number of amides is 1. The number of nitrogens with one attached hydrogen (secondary N) is 1. The third-order valence-corrected chi connectivity index (χ3v) is 9.46. The van der Waals surface area contributed by atoms with Crippen LogP contribution in [0.5, 0.6) is 0 Å². The van der Waals surface area contributed by atoms with E-state index in [1.165, 1.54) is 5.56 Å². The molecule has 5 rings (SSSR count). The van der Waals surface area contributed by atoms with Gasteiger partial charge in [0.2, 0.25) is 10.0 Å². The second kappa shape index (κ2) is 10.8. The Labute approximate surface area is 208 Å². The van der Waals surface area contributed by atoms with Gasteiger partial charge in [-0.2, -0.15) is 4.31 Å². The van der Waals surface area contributed by atoms with E-state index in [-0.39, 0.29) is 23.7 Å². The SMILES string of the molecule is O=C(N[C@@H]1CCN(S(=O)(=O)CCN2CCCC2)[C@H](CCc2ccccc2)C1)c1cc(C2CC2)on1. The molecule has 8 nitrogen and oxygen atoms in total. The molecule has 35 heavy (non-hydrogen) atoms. The first-order valence-corrected chi connectivity index (χ1v) is 14.6. The molecule has 3 aliphatic rings. The molecule has 0 unspecified atom stereocenters. The Morgan fingerprint density at radius 2 is 1.86 bits per heavy atom. The number of carbonyl (C=O) groups is 1. The van der Waals surface area contributed by atoms with Crippen molar-refractivity contribution in [2.45, 2.75) is 69.4 Å². The third-order valence-electron chi connectivity index (χ3n) is 7.57. The summed E-state index contributed by atoms with van der Waals surface area (Å²) in [5.74, 6) is 1.11. The molecule has 1 aromatic heterocycles. The summed E-state index contributed by atoms with van der Waals surface area (Å²) in [6, 6.07) is 11.7. The first kappa shape index (κ1) is 24.5. The molecule has 2 saturated heterocycles. The zero-order valence-electron chi connectivity index (χ0n) is 20.3. The lowest BCUT2D eigenvalue weighted by Crippen LogP contribution is -2.53. The van der Waals surface area contributed by atoms with Crippen molar-refractivity contribution in [3.05, 3.63) is 53.4 Å². The molecule has 3 heterocycles. The molecule has 9 heteroatoms. The van der Waals surface area contributed by atoms with Crippen LogP contribution in [0.2, 0.25) is 0 Å². The van der Waals surface area contributed by atoms with Crippen LogP contribution in [0, 0.1) is 0 Å². The number of piperidine rings is 1. The summed E-state index contributed by atoms with van der Waals surface area (Å²) in [6.07, 6.45) is 7.22. The van der Waals surface area contributed by atoms with E-state index in [0.29, 0.717) is 37.5 Å². The van der Waals surface area contributed by atoms with Gasteiger partial charge in [-0.25, -0.2) is 8.42 Å². The minimum absolute atomic E-state index is 0.0885. The smallest absolute Gasteiger partial charge is 0.273 e. The van der Waals surface area contributed by atoms with E-state index < -0.39 is 10.0 Å². The maximum Gasteiger partial charge on any atom is 0.273 e. The van der Waals surface area contributed by atoms with Crippen LogP contribution >= 0.6 is 0 Å². The summed E-state index contributed by atoms with van der Waals surface area (Å²) in [6.45, 7) is 3.01. The molecule has 2 atom stereocenters. The quantitative estimate of drug-likeness (QED) is 0.538. The van der Waals surface area contributed by atoms with Gasteiger partial charge in [0.15, 0.2) is 5.69 Å². The highest BCUT2D eigenvalue weighted by Crippen LogP contribution is 2.40. The maximum absolute atomic E-state index is 13.4. The Kier molecular flexibility index (Phi) is 7.55. The van der Waals surface area contributed by atoms with E-state index in [1.54, 1.807) is 10.4 Å². The van der Waals surface area contributed by atoms with E-state index in [2.05, 4.69) is 27.5 Å². The number of aromatic nitrogens is 1. The number of hydrogen-bond donors (Lipinski definition) is 1. The van der Waals surface area contributed by atoms with Gasteiger partial charge in [0.25, 0.3) is 5.91 Å². The molecule has 2 aliphatic heterocycles. The Morgan fingerprint density at radius 3 is 2.60 bits per heavy atom. The molecule has 1 saturated carbocycles. The largest absolute Gasteiger partial charge is 0.360 e. The molecule has 0 bridgehead atoms. The fourth-order valence-corrected chi connectivity index (χ4v) is 7.10. The Bertz CT molecular complexity index is 1090. The number of hydrogen-bond acceptors (Lipinski definition) is 6. The Hall–Kier alpha value is -2.23. The first-order valence-electron chi connectivity index (χ1n) is 13.0. The lowest BCUT2D eigenvalue weighted by Gasteiger charge is -2.39. The number of nitrogens with zero attached hydrogens (tertiary/aromatic N) is 3. The average molecular weight is 501 g/mol. The van der Waals surface area contributed by atoms with Gasteiger partial charge in [0.05, 0.1) is 5.75 Å². The van der Waals surface area contributed by atoms with Crippen LogP contribution in [0.4, 0.5) is 0 Å². The molecule has 0 spiro atoms. The molecule has 1 aliphatic carbocycles. The predicted octanol–water partition coefficient (Wildman–Crippen LogP) is 3.17. The molecule has 2 aromatic rings. The van der Waals surface area contributed by atoms with Gasteiger partial charge in [0.1, 0.15) is 5.76 Å². The van der Waals surface area contributed by atoms with E-state index >= 15 is 0 Å². The molecule has 0 radical (unpaired) electrons.